The number of thioether (sulfide) groups is 1. The third-order valence-electron chi connectivity index (χ3n) is 7.89. The van der Waals surface area contributed by atoms with Crippen LogP contribution in [0.1, 0.15) is 73.3 Å². The molecule has 50 heavy (non-hydrogen) atoms. The minimum atomic E-state index is -1.25. The lowest BCUT2D eigenvalue weighted by atomic mass is 9.98. The first-order valence-corrected chi connectivity index (χ1v) is 18.5. The highest BCUT2D eigenvalue weighted by molar-refractivity contribution is 7.98. The molecule has 0 fully saturated rings. The molecule has 15 heteroatoms. The molecule has 0 heterocycles. The maximum absolute atomic E-state index is 13.7. The summed E-state index contributed by atoms with van der Waals surface area (Å²) in [7, 11) is 0. The molecule has 0 unspecified atom stereocenters. The van der Waals surface area contributed by atoms with Gasteiger partial charge in [0.05, 0.1) is 6.10 Å². The van der Waals surface area contributed by atoms with Crippen LogP contribution < -0.4 is 32.3 Å². The number of carboxylic acid groups (broad SMARTS) is 1. The van der Waals surface area contributed by atoms with E-state index >= 15 is 0 Å². The highest BCUT2D eigenvalue weighted by atomic mass is 32.2. The first kappa shape index (κ1) is 44.3. The molecule has 0 spiro atoms. The van der Waals surface area contributed by atoms with Crippen molar-refractivity contribution >= 4 is 47.3 Å². The number of nitrogens with one attached hydrogen (secondary N) is 5. The van der Waals surface area contributed by atoms with E-state index in [0.29, 0.717) is 5.75 Å². The van der Waals surface area contributed by atoms with Gasteiger partial charge < -0.3 is 42.5 Å². The number of carbonyl (C=O) groups is 6. The number of rotatable bonds is 22. The summed E-state index contributed by atoms with van der Waals surface area (Å²) < 4.78 is 0. The molecule has 0 aliphatic rings. The number of aliphatic carboxylic acids is 1. The second kappa shape index (κ2) is 22.2. The Labute approximate surface area is 300 Å². The summed E-state index contributed by atoms with van der Waals surface area (Å²) in [5.74, 6) is -4.49. The lowest BCUT2D eigenvalue weighted by Gasteiger charge is -2.29. The van der Waals surface area contributed by atoms with Gasteiger partial charge in [0, 0.05) is 6.42 Å². The lowest BCUT2D eigenvalue weighted by Crippen LogP contribution is -2.61. The predicted molar refractivity (Wildman–Crippen MR) is 194 cm³/mol. The van der Waals surface area contributed by atoms with Gasteiger partial charge in [-0.05, 0) is 61.5 Å². The molecule has 0 aliphatic heterocycles. The van der Waals surface area contributed by atoms with Gasteiger partial charge in [-0.15, -0.1) is 0 Å². The van der Waals surface area contributed by atoms with E-state index in [1.54, 1.807) is 44.2 Å². The molecule has 0 aliphatic carbocycles. The number of amides is 5. The van der Waals surface area contributed by atoms with Gasteiger partial charge in [-0.2, -0.15) is 11.8 Å². The quantitative estimate of drug-likeness (QED) is 0.0845. The largest absolute Gasteiger partial charge is 0.480 e. The molecule has 5 amide bonds. The highest BCUT2D eigenvalue weighted by Gasteiger charge is 2.34. The summed E-state index contributed by atoms with van der Waals surface area (Å²) in [6.07, 6.45) is 1.41. The fourth-order valence-corrected chi connectivity index (χ4v) is 5.51. The second-order valence-electron chi connectivity index (χ2n) is 13.8. The Hall–Kier alpha value is -3.69. The third kappa shape index (κ3) is 15.9. The van der Waals surface area contributed by atoms with Crippen LogP contribution in [-0.2, 0) is 35.2 Å². The van der Waals surface area contributed by atoms with Crippen molar-refractivity contribution in [1.29, 1.82) is 0 Å². The first-order chi connectivity index (χ1) is 23.4. The molecular weight excluding hydrogens is 664 g/mol. The number of aliphatic hydroxyl groups is 1. The van der Waals surface area contributed by atoms with Crippen LogP contribution in [0.3, 0.4) is 0 Å². The van der Waals surface area contributed by atoms with E-state index in [1.807, 2.05) is 34.0 Å². The zero-order valence-corrected chi connectivity index (χ0v) is 31.3. The van der Waals surface area contributed by atoms with Gasteiger partial charge in [-0.1, -0.05) is 71.9 Å². The molecule has 0 aromatic heterocycles. The molecule has 0 saturated heterocycles. The zero-order chi connectivity index (χ0) is 38.1. The van der Waals surface area contributed by atoms with Crippen molar-refractivity contribution in [2.45, 2.75) is 117 Å². The van der Waals surface area contributed by atoms with Gasteiger partial charge >= 0.3 is 5.97 Å². The van der Waals surface area contributed by atoms with Crippen LogP contribution in [-0.4, -0.2) is 100 Å². The Bertz CT molecular complexity index is 1260. The van der Waals surface area contributed by atoms with Crippen LogP contribution >= 0.6 is 11.8 Å². The van der Waals surface area contributed by atoms with E-state index < -0.39 is 83.8 Å². The number of aliphatic hydroxyl groups excluding tert-OH is 1. The summed E-state index contributed by atoms with van der Waals surface area (Å²) in [5, 5.41) is 32.8. The highest BCUT2D eigenvalue weighted by Crippen LogP contribution is 2.12. The smallest absolute Gasteiger partial charge is 0.326 e. The average Bonchev–Trinajstić information content (AvgIpc) is 3.03. The fourth-order valence-electron chi connectivity index (χ4n) is 5.04. The van der Waals surface area contributed by atoms with Crippen molar-refractivity contribution in [3.63, 3.8) is 0 Å². The van der Waals surface area contributed by atoms with Gasteiger partial charge in [-0.25, -0.2) is 4.79 Å². The summed E-state index contributed by atoms with van der Waals surface area (Å²) in [6.45, 7) is 12.3. The summed E-state index contributed by atoms with van der Waals surface area (Å²) in [6, 6.07) is 2.09. The van der Waals surface area contributed by atoms with Gasteiger partial charge in [0.2, 0.25) is 29.5 Å². The van der Waals surface area contributed by atoms with Crippen LogP contribution in [0, 0.1) is 17.8 Å². The van der Waals surface area contributed by atoms with Crippen LogP contribution in [0.4, 0.5) is 0 Å². The molecule has 282 valence electrons. The third-order valence-corrected chi connectivity index (χ3v) is 8.53. The van der Waals surface area contributed by atoms with E-state index in [4.69, 9.17) is 5.73 Å². The number of carboxylic acids is 1. The molecular formula is C35H58N6O8S. The van der Waals surface area contributed by atoms with Crippen LogP contribution in [0.15, 0.2) is 30.3 Å². The number of hydrogen-bond acceptors (Lipinski definition) is 9. The number of hydrogen-bond donors (Lipinski definition) is 8. The molecule has 9 N–H and O–H groups in total. The maximum atomic E-state index is 13.7. The Kier molecular flexibility index (Phi) is 19.7. The van der Waals surface area contributed by atoms with Crippen LogP contribution in [0.25, 0.3) is 0 Å². The van der Waals surface area contributed by atoms with Crippen LogP contribution in [0.5, 0.6) is 0 Å². The molecule has 1 aromatic rings. The summed E-state index contributed by atoms with van der Waals surface area (Å²) in [4.78, 5) is 78.8. The van der Waals surface area contributed by atoms with Crippen molar-refractivity contribution < 1.29 is 39.0 Å². The Balaban J connectivity index is 3.18. The van der Waals surface area contributed by atoms with E-state index in [-0.39, 0.29) is 37.5 Å². The summed E-state index contributed by atoms with van der Waals surface area (Å²) >= 11 is 1.46. The predicted octanol–water partition coefficient (Wildman–Crippen LogP) is 0.947. The number of carbonyl (C=O) groups excluding carboxylic acids is 5. The van der Waals surface area contributed by atoms with Crippen molar-refractivity contribution in [3.8, 4) is 0 Å². The Morgan fingerprint density at radius 2 is 1.14 bits per heavy atom. The summed E-state index contributed by atoms with van der Waals surface area (Å²) in [5.41, 5.74) is 6.47. The monoisotopic (exact) mass is 722 g/mol. The lowest BCUT2D eigenvalue weighted by molar-refractivity contribution is -0.142. The topological polar surface area (TPSA) is 229 Å². The van der Waals surface area contributed by atoms with Crippen molar-refractivity contribution in [2.24, 2.45) is 23.5 Å². The fraction of sp³-hybridized carbons (Fsp3) is 0.657. The van der Waals surface area contributed by atoms with Crippen molar-refractivity contribution in [1.82, 2.24) is 26.6 Å². The van der Waals surface area contributed by atoms with E-state index in [2.05, 4.69) is 26.6 Å². The first-order valence-electron chi connectivity index (χ1n) is 17.1. The van der Waals surface area contributed by atoms with Gasteiger partial charge in [0.25, 0.3) is 0 Å². The zero-order valence-electron chi connectivity index (χ0n) is 30.5. The minimum absolute atomic E-state index is 0.0446. The van der Waals surface area contributed by atoms with E-state index in [1.165, 1.54) is 18.7 Å². The standard InChI is InChI=1S/C35H58N6O8S/c1-19(2)16-25(32(45)40-27(35(48)49)18-23-12-10-9-11-13-23)38-31(44)26(17-20(3)4)39-34(47)29(21(5)6)41-30(43)24(14-15-50-8)37-33(46)28(36)22(7)42/h9-13,19-22,24-29,42H,14-18,36H2,1-8H3,(H,37,46)(H,38,44)(H,39,47)(H,40,45)(H,41,43)(H,48,49)/t22-,24+,25+,26+,27+,28+,29+/m1/s1. The SMILES string of the molecule is CSCC[C@H](NC(=O)[C@@H](N)[C@@H](C)O)C(=O)N[C@H](C(=O)N[C@@H](CC(C)C)C(=O)N[C@@H](CC(C)C)C(=O)N[C@@H](Cc1ccccc1)C(=O)O)C(C)C. The van der Waals surface area contributed by atoms with Gasteiger partial charge in [0.1, 0.15) is 36.3 Å². The molecule has 1 aromatic carbocycles. The maximum Gasteiger partial charge on any atom is 0.326 e. The van der Waals surface area contributed by atoms with Crippen molar-refractivity contribution in [2.75, 3.05) is 12.0 Å². The molecule has 0 radical (unpaired) electrons. The van der Waals surface area contributed by atoms with E-state index in [9.17, 15) is 39.0 Å². The normalized spacial score (nSPS) is 15.6. The van der Waals surface area contributed by atoms with Gasteiger partial charge in [0.15, 0.2) is 0 Å². The molecule has 14 nitrogen and oxygen atoms in total. The van der Waals surface area contributed by atoms with Crippen LogP contribution in [0.2, 0.25) is 0 Å². The second-order valence-corrected chi connectivity index (χ2v) is 14.8. The Morgan fingerprint density at radius 1 is 0.680 bits per heavy atom. The van der Waals surface area contributed by atoms with Crippen molar-refractivity contribution in [3.05, 3.63) is 35.9 Å². The van der Waals surface area contributed by atoms with E-state index in [0.717, 1.165) is 5.56 Å². The van der Waals surface area contributed by atoms with Gasteiger partial charge in [-0.3, -0.25) is 24.0 Å². The number of benzene rings is 1. The molecule has 0 saturated carbocycles. The average molecular weight is 723 g/mol. The molecule has 7 atom stereocenters. The Morgan fingerprint density at radius 3 is 1.58 bits per heavy atom. The molecule has 0 bridgehead atoms. The molecule has 1 rings (SSSR count). The minimum Gasteiger partial charge on any atom is -0.480 e. The number of nitrogens with two attached hydrogens (primary N) is 1.